The summed E-state index contributed by atoms with van der Waals surface area (Å²) in [6.45, 7) is 7.36. The minimum Gasteiger partial charge on any atom is -0.478 e. The van der Waals surface area contributed by atoms with E-state index >= 15 is 0 Å². The van der Waals surface area contributed by atoms with Crippen molar-refractivity contribution in [1.82, 2.24) is 10.2 Å². The lowest BCUT2D eigenvalue weighted by molar-refractivity contribution is 0.0695. The second-order valence-electron chi connectivity index (χ2n) is 7.62. The molecule has 5 N–H and O–H groups in total. The van der Waals surface area contributed by atoms with Crippen LogP contribution in [0.1, 0.15) is 55.0 Å². The molecule has 0 aliphatic carbocycles. The predicted molar refractivity (Wildman–Crippen MR) is 122 cm³/mol. The third kappa shape index (κ3) is 7.56. The van der Waals surface area contributed by atoms with E-state index in [4.69, 9.17) is 15.9 Å². The fourth-order valence-electron chi connectivity index (χ4n) is 3.49. The first kappa shape index (κ1) is 25.2. The number of benzene rings is 2. The van der Waals surface area contributed by atoms with Crippen LogP contribution >= 0.6 is 0 Å². The highest BCUT2D eigenvalue weighted by molar-refractivity contribution is 5.97. The number of carboxylic acids is 2. The average molecular weight is 442 g/mol. The molecule has 2 aromatic carbocycles. The van der Waals surface area contributed by atoms with Gasteiger partial charge in [0, 0.05) is 44.7 Å². The van der Waals surface area contributed by atoms with Crippen molar-refractivity contribution < 1.29 is 24.6 Å². The van der Waals surface area contributed by atoms with Gasteiger partial charge in [0.2, 0.25) is 0 Å². The van der Waals surface area contributed by atoms with Crippen LogP contribution in [0.2, 0.25) is 0 Å². The van der Waals surface area contributed by atoms with Crippen molar-refractivity contribution in [2.24, 2.45) is 5.73 Å². The summed E-state index contributed by atoms with van der Waals surface area (Å²) in [6, 6.07) is 11.7. The van der Waals surface area contributed by atoms with Crippen molar-refractivity contribution in [3.63, 3.8) is 0 Å². The molecule has 32 heavy (non-hydrogen) atoms. The molecule has 0 unspecified atom stereocenters. The van der Waals surface area contributed by atoms with Gasteiger partial charge in [-0.3, -0.25) is 4.79 Å². The number of nitrogens with one attached hydrogen (secondary N) is 1. The molecule has 0 bridgehead atoms. The Morgan fingerprint density at radius 2 is 1.69 bits per heavy atom. The van der Waals surface area contributed by atoms with Gasteiger partial charge in [-0.2, -0.15) is 0 Å². The minimum absolute atomic E-state index is 0.0111. The number of piperazine rings is 1. The number of carbonyl (C=O) groups is 3. The number of hydrogen-bond acceptors (Lipinski definition) is 6. The zero-order valence-corrected chi connectivity index (χ0v) is 18.3. The number of ketones is 1. The number of nitrogens with two attached hydrogens (primary N) is 1. The highest BCUT2D eigenvalue weighted by Crippen LogP contribution is 2.12. The summed E-state index contributed by atoms with van der Waals surface area (Å²) >= 11 is 0. The van der Waals surface area contributed by atoms with Gasteiger partial charge < -0.3 is 26.2 Å². The summed E-state index contributed by atoms with van der Waals surface area (Å²) in [6.07, 6.45) is 1.54. The zero-order valence-electron chi connectivity index (χ0n) is 18.3. The lowest BCUT2D eigenvalue weighted by atomic mass is 10.0. The number of carboxylic acid groups (broad SMARTS) is 2. The quantitative estimate of drug-likeness (QED) is 0.459. The van der Waals surface area contributed by atoms with Crippen LogP contribution in [-0.2, 0) is 6.54 Å². The minimum atomic E-state index is -1.12. The molecule has 1 fully saturated rings. The Balaban J connectivity index is 0.000000244. The first-order valence-electron chi connectivity index (χ1n) is 10.6. The molecular weight excluding hydrogens is 410 g/mol. The van der Waals surface area contributed by atoms with Crippen molar-refractivity contribution in [1.29, 1.82) is 0 Å². The fourth-order valence-corrected chi connectivity index (χ4v) is 3.49. The Morgan fingerprint density at radius 1 is 1.00 bits per heavy atom. The Bertz CT molecular complexity index is 939. The molecule has 0 aromatic heterocycles. The van der Waals surface area contributed by atoms with Gasteiger partial charge in [-0.05, 0) is 43.1 Å². The molecule has 8 heteroatoms. The summed E-state index contributed by atoms with van der Waals surface area (Å²) < 4.78 is 0. The molecule has 0 spiro atoms. The largest absolute Gasteiger partial charge is 0.478 e. The van der Waals surface area contributed by atoms with E-state index in [0.717, 1.165) is 56.3 Å². The standard InChI is InChI=1S/C15H23N3O.C9H8O4/c16-12-13-4-1-2-5-14(13)15(19)6-3-9-18-10-7-17-8-11-18;1-5-2-3-6(8(10)11)4-7(5)9(12)13/h1-2,4-5,17H,3,6-12,16H2;2-4H,1H3,(H,10,11)(H,12,13). The number of aromatic carboxylic acids is 2. The van der Waals surface area contributed by atoms with Gasteiger partial charge >= 0.3 is 11.9 Å². The predicted octanol–water partition coefficient (Wildman–Crippen LogP) is 2.40. The van der Waals surface area contributed by atoms with Gasteiger partial charge in [0.15, 0.2) is 5.78 Å². The first-order valence-corrected chi connectivity index (χ1v) is 10.6. The van der Waals surface area contributed by atoms with E-state index in [1.807, 2.05) is 24.3 Å². The normalized spacial score (nSPS) is 13.7. The van der Waals surface area contributed by atoms with E-state index in [1.54, 1.807) is 6.92 Å². The molecule has 3 rings (SSSR count). The second-order valence-corrected chi connectivity index (χ2v) is 7.62. The molecule has 0 saturated carbocycles. The highest BCUT2D eigenvalue weighted by Gasteiger charge is 2.13. The summed E-state index contributed by atoms with van der Waals surface area (Å²) in [7, 11) is 0. The Morgan fingerprint density at radius 3 is 2.31 bits per heavy atom. The maximum absolute atomic E-state index is 12.2. The van der Waals surface area contributed by atoms with Crippen molar-refractivity contribution in [3.05, 3.63) is 70.3 Å². The van der Waals surface area contributed by atoms with E-state index in [1.165, 1.54) is 12.1 Å². The summed E-state index contributed by atoms with van der Waals surface area (Å²) in [5.74, 6) is -2.01. The molecule has 0 amide bonds. The molecule has 8 nitrogen and oxygen atoms in total. The van der Waals surface area contributed by atoms with Crippen LogP contribution in [-0.4, -0.2) is 65.6 Å². The second kappa shape index (κ2) is 12.7. The van der Waals surface area contributed by atoms with Gasteiger partial charge in [0.1, 0.15) is 0 Å². The van der Waals surface area contributed by atoms with E-state index in [9.17, 15) is 14.4 Å². The van der Waals surface area contributed by atoms with Crippen molar-refractivity contribution in [2.75, 3.05) is 32.7 Å². The van der Waals surface area contributed by atoms with E-state index in [-0.39, 0.29) is 16.9 Å². The van der Waals surface area contributed by atoms with Crippen LogP contribution in [0.4, 0.5) is 0 Å². The van der Waals surface area contributed by atoms with Crippen LogP contribution < -0.4 is 11.1 Å². The SMILES string of the molecule is Cc1ccc(C(=O)O)cc1C(=O)O.NCc1ccccc1C(=O)CCCN1CCNCC1. The topological polar surface area (TPSA) is 133 Å². The highest BCUT2D eigenvalue weighted by atomic mass is 16.4. The van der Waals surface area contributed by atoms with Crippen LogP contribution in [0.25, 0.3) is 0 Å². The molecule has 1 aliphatic heterocycles. The van der Waals surface area contributed by atoms with E-state index in [0.29, 0.717) is 18.5 Å². The van der Waals surface area contributed by atoms with Crippen LogP contribution in [0.3, 0.4) is 0 Å². The summed E-state index contributed by atoms with van der Waals surface area (Å²) in [5.41, 5.74) is 7.99. The Labute approximate surface area is 188 Å². The molecule has 1 saturated heterocycles. The van der Waals surface area contributed by atoms with Crippen molar-refractivity contribution in [2.45, 2.75) is 26.3 Å². The maximum Gasteiger partial charge on any atom is 0.335 e. The van der Waals surface area contributed by atoms with Crippen LogP contribution in [0.15, 0.2) is 42.5 Å². The average Bonchev–Trinajstić information content (AvgIpc) is 2.80. The Kier molecular flexibility index (Phi) is 10.0. The van der Waals surface area contributed by atoms with Crippen LogP contribution in [0, 0.1) is 6.92 Å². The Hall–Kier alpha value is -3.07. The van der Waals surface area contributed by atoms with Crippen molar-refractivity contribution in [3.8, 4) is 0 Å². The van der Waals surface area contributed by atoms with Gasteiger partial charge in [-0.1, -0.05) is 30.3 Å². The molecule has 2 aromatic rings. The molecule has 0 atom stereocenters. The number of nitrogens with zero attached hydrogens (tertiary/aromatic N) is 1. The first-order chi connectivity index (χ1) is 15.3. The number of Topliss-reactive ketones (excluding diaryl/α,β-unsaturated/α-hetero) is 1. The van der Waals surface area contributed by atoms with Crippen molar-refractivity contribution >= 4 is 17.7 Å². The number of hydrogen-bond donors (Lipinski definition) is 4. The molecule has 0 radical (unpaired) electrons. The van der Waals surface area contributed by atoms with E-state index < -0.39 is 11.9 Å². The molecule has 1 heterocycles. The van der Waals surface area contributed by atoms with E-state index in [2.05, 4.69) is 10.2 Å². The lowest BCUT2D eigenvalue weighted by Gasteiger charge is -2.26. The summed E-state index contributed by atoms with van der Waals surface area (Å²) in [5, 5.41) is 20.6. The monoisotopic (exact) mass is 441 g/mol. The number of rotatable bonds is 8. The smallest absolute Gasteiger partial charge is 0.335 e. The van der Waals surface area contributed by atoms with Crippen LogP contribution in [0.5, 0.6) is 0 Å². The van der Waals surface area contributed by atoms with Gasteiger partial charge in [-0.15, -0.1) is 0 Å². The fraction of sp³-hybridized carbons (Fsp3) is 0.375. The third-order valence-corrected chi connectivity index (χ3v) is 5.34. The summed E-state index contributed by atoms with van der Waals surface area (Å²) in [4.78, 5) is 35.7. The van der Waals surface area contributed by atoms with Gasteiger partial charge in [0.25, 0.3) is 0 Å². The molecule has 1 aliphatic rings. The number of carbonyl (C=O) groups excluding carboxylic acids is 1. The number of aryl methyl sites for hydroxylation is 1. The lowest BCUT2D eigenvalue weighted by Crippen LogP contribution is -2.43. The molecule has 172 valence electrons. The van der Waals surface area contributed by atoms with Gasteiger partial charge in [0.05, 0.1) is 11.1 Å². The van der Waals surface area contributed by atoms with Gasteiger partial charge in [-0.25, -0.2) is 9.59 Å². The molecular formula is C24H31N3O5. The zero-order chi connectivity index (χ0) is 23.5. The maximum atomic E-state index is 12.2. The third-order valence-electron chi connectivity index (χ3n) is 5.34.